The summed E-state index contributed by atoms with van der Waals surface area (Å²) < 4.78 is 11.3. The number of ether oxygens (including phenoxy) is 2. The third-order valence-electron chi connectivity index (χ3n) is 5.55. The number of rotatable bonds is 7. The lowest BCUT2D eigenvalue weighted by Crippen LogP contribution is -2.29. The van der Waals surface area contributed by atoms with E-state index in [-0.39, 0.29) is 28.0 Å². The molecule has 1 saturated heterocycles. The number of para-hydroxylation sites is 1. The maximum atomic E-state index is 13.3. The quantitative estimate of drug-likeness (QED) is 0.243. The van der Waals surface area contributed by atoms with Crippen molar-refractivity contribution in [3.63, 3.8) is 0 Å². The lowest BCUT2D eigenvalue weighted by atomic mass is 9.95. The van der Waals surface area contributed by atoms with Gasteiger partial charge in [0.1, 0.15) is 17.3 Å². The van der Waals surface area contributed by atoms with Crippen LogP contribution in [-0.2, 0) is 9.59 Å². The van der Waals surface area contributed by atoms with E-state index in [1.807, 2.05) is 26.8 Å². The van der Waals surface area contributed by atoms with Crippen molar-refractivity contribution in [3.05, 3.63) is 94.5 Å². The zero-order chi connectivity index (χ0) is 25.1. The van der Waals surface area contributed by atoms with Crippen LogP contribution in [0.4, 0.5) is 5.69 Å². The van der Waals surface area contributed by atoms with Gasteiger partial charge in [-0.15, -0.1) is 0 Å². The van der Waals surface area contributed by atoms with Crippen LogP contribution in [0.25, 0.3) is 5.76 Å². The second-order valence-corrected chi connectivity index (χ2v) is 8.72. The van der Waals surface area contributed by atoms with Crippen LogP contribution in [0.1, 0.15) is 37.9 Å². The van der Waals surface area contributed by atoms with Gasteiger partial charge in [-0.1, -0.05) is 41.9 Å². The molecule has 6 nitrogen and oxygen atoms in total. The number of Topliss-reactive ketones (excluding diaryl/α,β-unsaturated/α-hetero) is 1. The molecular formula is C28H26ClNO5. The van der Waals surface area contributed by atoms with Crippen molar-refractivity contribution in [3.8, 4) is 11.5 Å². The smallest absolute Gasteiger partial charge is 0.300 e. The number of nitrogens with zero attached hydrogens (tertiary/aromatic N) is 1. The number of aliphatic hydroxyl groups excluding tert-OH is 1. The van der Waals surface area contributed by atoms with E-state index in [9.17, 15) is 14.7 Å². The first-order chi connectivity index (χ1) is 16.8. The van der Waals surface area contributed by atoms with Crippen molar-refractivity contribution in [1.82, 2.24) is 0 Å². The highest BCUT2D eigenvalue weighted by Gasteiger charge is 2.47. The van der Waals surface area contributed by atoms with Crippen molar-refractivity contribution >= 4 is 34.7 Å². The molecule has 1 fully saturated rings. The minimum atomic E-state index is -0.864. The summed E-state index contributed by atoms with van der Waals surface area (Å²) in [6.07, 6.45) is -0.00411. The molecule has 3 aromatic rings. The predicted molar refractivity (Wildman–Crippen MR) is 136 cm³/mol. The van der Waals surface area contributed by atoms with Crippen molar-refractivity contribution in [2.24, 2.45) is 0 Å². The first kappa shape index (κ1) is 24.4. The maximum Gasteiger partial charge on any atom is 0.300 e. The summed E-state index contributed by atoms with van der Waals surface area (Å²) in [6.45, 7) is 6.12. The van der Waals surface area contributed by atoms with Crippen LogP contribution in [0.15, 0.2) is 78.4 Å². The molecular weight excluding hydrogens is 466 g/mol. The van der Waals surface area contributed by atoms with E-state index in [1.165, 1.54) is 4.90 Å². The molecule has 1 heterocycles. The van der Waals surface area contributed by atoms with Gasteiger partial charge in [-0.25, -0.2) is 0 Å². The standard InChI is InChI=1S/C28H26ClNO5/c1-4-34-21-14-15-23(29)22(16-21)26(31)24-25(18-10-12-20(13-11-18)35-17(2)3)30(28(33)27(24)32)19-8-6-5-7-9-19/h5-17,25,31H,4H2,1-3H3/b26-24+. The Kier molecular flexibility index (Phi) is 7.12. The van der Waals surface area contributed by atoms with Crippen LogP contribution in [0.2, 0.25) is 5.02 Å². The Morgan fingerprint density at radius 3 is 2.29 bits per heavy atom. The second-order valence-electron chi connectivity index (χ2n) is 8.31. The van der Waals surface area contributed by atoms with Gasteiger partial charge in [-0.05, 0) is 68.8 Å². The topological polar surface area (TPSA) is 76.1 Å². The van der Waals surface area contributed by atoms with E-state index in [0.717, 1.165) is 0 Å². The minimum Gasteiger partial charge on any atom is -0.507 e. The van der Waals surface area contributed by atoms with Crippen molar-refractivity contribution < 1.29 is 24.2 Å². The molecule has 180 valence electrons. The fourth-order valence-corrected chi connectivity index (χ4v) is 4.30. The fraction of sp³-hybridized carbons (Fsp3) is 0.214. The Morgan fingerprint density at radius 2 is 1.66 bits per heavy atom. The second kappa shape index (κ2) is 10.2. The molecule has 0 radical (unpaired) electrons. The molecule has 0 spiro atoms. The molecule has 1 amide bonds. The highest BCUT2D eigenvalue weighted by molar-refractivity contribution is 6.52. The van der Waals surface area contributed by atoms with E-state index in [4.69, 9.17) is 21.1 Å². The van der Waals surface area contributed by atoms with Crippen molar-refractivity contribution in [2.75, 3.05) is 11.5 Å². The number of carbonyl (C=O) groups excluding carboxylic acids is 2. The van der Waals surface area contributed by atoms with Gasteiger partial charge in [0.2, 0.25) is 0 Å². The van der Waals surface area contributed by atoms with E-state index in [0.29, 0.717) is 29.4 Å². The molecule has 7 heteroatoms. The zero-order valence-corrected chi connectivity index (χ0v) is 20.5. The largest absolute Gasteiger partial charge is 0.507 e. The Balaban J connectivity index is 1.90. The predicted octanol–water partition coefficient (Wildman–Crippen LogP) is 6.15. The molecule has 1 N–H and O–H groups in total. The van der Waals surface area contributed by atoms with E-state index in [2.05, 4.69) is 0 Å². The van der Waals surface area contributed by atoms with Gasteiger partial charge in [0, 0.05) is 11.3 Å². The molecule has 0 bridgehead atoms. The summed E-state index contributed by atoms with van der Waals surface area (Å²) in [6, 6.07) is 20.0. The van der Waals surface area contributed by atoms with Crippen LogP contribution >= 0.6 is 11.6 Å². The monoisotopic (exact) mass is 491 g/mol. The Hall–Kier alpha value is -3.77. The lowest BCUT2D eigenvalue weighted by Gasteiger charge is -2.25. The number of anilines is 1. The molecule has 0 saturated carbocycles. The average Bonchev–Trinajstić information content (AvgIpc) is 3.11. The highest BCUT2D eigenvalue weighted by atomic mass is 35.5. The molecule has 1 unspecified atom stereocenters. The van der Waals surface area contributed by atoms with Gasteiger partial charge < -0.3 is 14.6 Å². The number of ketones is 1. The van der Waals surface area contributed by atoms with Gasteiger partial charge in [-0.2, -0.15) is 0 Å². The Labute approximate surface area is 209 Å². The first-order valence-corrected chi connectivity index (χ1v) is 11.7. The van der Waals surface area contributed by atoms with Crippen LogP contribution < -0.4 is 14.4 Å². The molecule has 1 aliphatic heterocycles. The van der Waals surface area contributed by atoms with Crippen LogP contribution in [0.5, 0.6) is 11.5 Å². The van der Waals surface area contributed by atoms with Crippen LogP contribution in [0.3, 0.4) is 0 Å². The van der Waals surface area contributed by atoms with E-state index < -0.39 is 17.7 Å². The summed E-state index contributed by atoms with van der Waals surface area (Å²) in [5, 5.41) is 11.6. The number of halogens is 1. The molecule has 3 aromatic carbocycles. The zero-order valence-electron chi connectivity index (χ0n) is 19.7. The minimum absolute atomic E-state index is 0.00411. The summed E-state index contributed by atoms with van der Waals surface area (Å²) in [4.78, 5) is 28.0. The highest BCUT2D eigenvalue weighted by Crippen LogP contribution is 2.43. The molecule has 1 aliphatic rings. The third-order valence-corrected chi connectivity index (χ3v) is 5.88. The normalized spacial score (nSPS) is 17.2. The van der Waals surface area contributed by atoms with E-state index >= 15 is 0 Å². The first-order valence-electron chi connectivity index (χ1n) is 11.4. The number of amides is 1. The number of benzene rings is 3. The van der Waals surface area contributed by atoms with Crippen LogP contribution in [0, 0.1) is 0 Å². The number of hydrogen-bond acceptors (Lipinski definition) is 5. The number of hydrogen-bond donors (Lipinski definition) is 1. The Morgan fingerprint density at radius 1 is 1.00 bits per heavy atom. The summed E-state index contributed by atoms with van der Waals surface area (Å²) in [7, 11) is 0. The van der Waals surface area contributed by atoms with Gasteiger partial charge in [0.05, 0.1) is 29.3 Å². The molecule has 35 heavy (non-hydrogen) atoms. The van der Waals surface area contributed by atoms with Gasteiger partial charge >= 0.3 is 0 Å². The fourth-order valence-electron chi connectivity index (χ4n) is 4.09. The average molecular weight is 492 g/mol. The SMILES string of the molecule is CCOc1ccc(Cl)c(/C(O)=C2\C(=O)C(=O)N(c3ccccc3)C2c2ccc(OC(C)C)cc2)c1. The third kappa shape index (κ3) is 4.88. The summed E-state index contributed by atoms with van der Waals surface area (Å²) in [5.74, 6) is -0.740. The summed E-state index contributed by atoms with van der Waals surface area (Å²) >= 11 is 6.39. The summed E-state index contributed by atoms with van der Waals surface area (Å²) in [5.41, 5.74) is 1.35. The van der Waals surface area contributed by atoms with Gasteiger partial charge in [0.25, 0.3) is 11.7 Å². The Bertz CT molecular complexity index is 1270. The van der Waals surface area contributed by atoms with E-state index in [1.54, 1.807) is 66.7 Å². The lowest BCUT2D eigenvalue weighted by molar-refractivity contribution is -0.132. The number of carbonyl (C=O) groups is 2. The molecule has 0 aliphatic carbocycles. The molecule has 0 aromatic heterocycles. The van der Waals surface area contributed by atoms with Crippen molar-refractivity contribution in [1.29, 1.82) is 0 Å². The van der Waals surface area contributed by atoms with Crippen LogP contribution in [-0.4, -0.2) is 29.5 Å². The number of aliphatic hydroxyl groups is 1. The van der Waals surface area contributed by atoms with Gasteiger partial charge in [0.15, 0.2) is 0 Å². The van der Waals surface area contributed by atoms with Gasteiger partial charge in [-0.3, -0.25) is 14.5 Å². The molecule has 4 rings (SSSR count). The molecule has 1 atom stereocenters. The van der Waals surface area contributed by atoms with Crippen molar-refractivity contribution in [2.45, 2.75) is 32.9 Å². The maximum absolute atomic E-state index is 13.3.